The number of nitrogens with zero attached hydrogens (tertiary/aromatic N) is 1. The molecule has 2 aromatic carbocycles. The molecular formula is C24H27FN2O4. The second-order valence-electron chi connectivity index (χ2n) is 8.60. The van der Waals surface area contributed by atoms with Crippen molar-refractivity contribution in [2.45, 2.75) is 45.3 Å². The fraction of sp³-hybridized carbons (Fsp3) is 0.375. The Kier molecular flexibility index (Phi) is 6.73. The summed E-state index contributed by atoms with van der Waals surface area (Å²) in [4.78, 5) is 39.6. The van der Waals surface area contributed by atoms with Crippen LogP contribution in [-0.4, -0.2) is 47.4 Å². The van der Waals surface area contributed by atoms with Gasteiger partial charge in [0.05, 0.1) is 5.56 Å². The zero-order chi connectivity index (χ0) is 22.6. The van der Waals surface area contributed by atoms with Crippen molar-refractivity contribution in [3.8, 4) is 0 Å². The summed E-state index contributed by atoms with van der Waals surface area (Å²) in [5, 5.41) is 2.97. The molecule has 6 nitrogen and oxygen atoms in total. The van der Waals surface area contributed by atoms with Gasteiger partial charge in [-0.05, 0) is 63.9 Å². The van der Waals surface area contributed by atoms with E-state index in [4.69, 9.17) is 4.74 Å². The molecule has 0 spiro atoms. The summed E-state index contributed by atoms with van der Waals surface area (Å²) in [5.74, 6) is -1.12. The third kappa shape index (κ3) is 5.90. The minimum Gasteiger partial charge on any atom is -0.444 e. The SMILES string of the molecule is CC(C)(C)OC(=O)N1CCC(NC(=O)c2ccccc2C(=O)c2ccc(F)cc2)CC1. The Morgan fingerprint density at radius 3 is 2.13 bits per heavy atom. The Labute approximate surface area is 181 Å². The van der Waals surface area contributed by atoms with E-state index in [0.29, 0.717) is 31.5 Å². The van der Waals surface area contributed by atoms with E-state index >= 15 is 0 Å². The minimum atomic E-state index is -0.553. The van der Waals surface area contributed by atoms with Crippen molar-refractivity contribution in [1.82, 2.24) is 10.2 Å². The maximum absolute atomic E-state index is 13.2. The fourth-order valence-electron chi connectivity index (χ4n) is 3.43. The smallest absolute Gasteiger partial charge is 0.410 e. The van der Waals surface area contributed by atoms with Crippen molar-refractivity contribution in [2.75, 3.05) is 13.1 Å². The molecule has 1 saturated heterocycles. The monoisotopic (exact) mass is 426 g/mol. The first-order valence-corrected chi connectivity index (χ1v) is 10.3. The highest BCUT2D eigenvalue weighted by Crippen LogP contribution is 2.18. The normalized spacial score (nSPS) is 14.8. The number of piperidine rings is 1. The molecule has 164 valence electrons. The third-order valence-electron chi connectivity index (χ3n) is 5.00. The van der Waals surface area contributed by atoms with E-state index in [9.17, 15) is 18.8 Å². The molecule has 1 fully saturated rings. The van der Waals surface area contributed by atoms with Crippen LogP contribution in [0.25, 0.3) is 0 Å². The number of nitrogens with one attached hydrogen (secondary N) is 1. The topological polar surface area (TPSA) is 75.7 Å². The number of carbonyl (C=O) groups is 3. The lowest BCUT2D eigenvalue weighted by Gasteiger charge is -2.33. The molecule has 0 aromatic heterocycles. The van der Waals surface area contributed by atoms with E-state index in [1.807, 2.05) is 20.8 Å². The quantitative estimate of drug-likeness (QED) is 0.744. The average Bonchev–Trinajstić information content (AvgIpc) is 2.73. The van der Waals surface area contributed by atoms with Crippen LogP contribution in [0.15, 0.2) is 48.5 Å². The number of rotatable bonds is 4. The first-order valence-electron chi connectivity index (χ1n) is 10.3. The van der Waals surface area contributed by atoms with Gasteiger partial charge in [0, 0.05) is 30.3 Å². The van der Waals surface area contributed by atoms with E-state index in [-0.39, 0.29) is 35.0 Å². The molecule has 1 heterocycles. The number of carbonyl (C=O) groups excluding carboxylic acids is 3. The lowest BCUT2D eigenvalue weighted by molar-refractivity contribution is 0.0199. The van der Waals surface area contributed by atoms with Gasteiger partial charge in [-0.15, -0.1) is 0 Å². The number of ketones is 1. The lowest BCUT2D eigenvalue weighted by atomic mass is 9.97. The number of benzene rings is 2. The Morgan fingerprint density at radius 1 is 0.968 bits per heavy atom. The molecule has 0 bridgehead atoms. The van der Waals surface area contributed by atoms with Crippen molar-refractivity contribution in [3.63, 3.8) is 0 Å². The highest BCUT2D eigenvalue weighted by molar-refractivity contribution is 6.15. The van der Waals surface area contributed by atoms with Crippen LogP contribution in [0.4, 0.5) is 9.18 Å². The van der Waals surface area contributed by atoms with Gasteiger partial charge in [0.2, 0.25) is 0 Å². The zero-order valence-electron chi connectivity index (χ0n) is 18.0. The second-order valence-corrected chi connectivity index (χ2v) is 8.60. The lowest BCUT2D eigenvalue weighted by Crippen LogP contribution is -2.48. The van der Waals surface area contributed by atoms with Crippen LogP contribution < -0.4 is 5.32 Å². The van der Waals surface area contributed by atoms with Crippen LogP contribution in [0.1, 0.15) is 59.9 Å². The Morgan fingerprint density at radius 2 is 1.55 bits per heavy atom. The average molecular weight is 426 g/mol. The van der Waals surface area contributed by atoms with Crippen molar-refractivity contribution >= 4 is 17.8 Å². The summed E-state index contributed by atoms with van der Waals surface area (Å²) in [6, 6.07) is 11.7. The summed E-state index contributed by atoms with van der Waals surface area (Å²) in [5.41, 5.74) is 0.291. The fourth-order valence-corrected chi connectivity index (χ4v) is 3.43. The third-order valence-corrected chi connectivity index (χ3v) is 5.00. The summed E-state index contributed by atoms with van der Waals surface area (Å²) in [6.07, 6.45) is 0.838. The Bertz CT molecular complexity index is 958. The zero-order valence-corrected chi connectivity index (χ0v) is 18.0. The van der Waals surface area contributed by atoms with Gasteiger partial charge >= 0.3 is 6.09 Å². The first kappa shape index (κ1) is 22.5. The molecule has 7 heteroatoms. The Hall–Kier alpha value is -3.22. The van der Waals surface area contributed by atoms with Gasteiger partial charge in [-0.3, -0.25) is 9.59 Å². The molecule has 1 aliphatic rings. The molecule has 3 rings (SSSR count). The molecule has 0 unspecified atom stereocenters. The number of hydrogen-bond acceptors (Lipinski definition) is 4. The number of ether oxygens (including phenoxy) is 1. The molecule has 2 aromatic rings. The first-order chi connectivity index (χ1) is 14.6. The Balaban J connectivity index is 1.64. The van der Waals surface area contributed by atoms with Crippen LogP contribution in [0.2, 0.25) is 0 Å². The predicted molar refractivity (Wildman–Crippen MR) is 115 cm³/mol. The van der Waals surface area contributed by atoms with Crippen LogP contribution in [-0.2, 0) is 4.74 Å². The van der Waals surface area contributed by atoms with E-state index < -0.39 is 11.4 Å². The summed E-state index contributed by atoms with van der Waals surface area (Å²) >= 11 is 0. The molecule has 31 heavy (non-hydrogen) atoms. The van der Waals surface area contributed by atoms with Gasteiger partial charge < -0.3 is 15.0 Å². The number of amides is 2. The summed E-state index contributed by atoms with van der Waals surface area (Å²) < 4.78 is 18.6. The molecule has 1 aliphatic heterocycles. The maximum atomic E-state index is 13.2. The van der Waals surface area contributed by atoms with Gasteiger partial charge in [-0.25, -0.2) is 9.18 Å². The molecule has 0 saturated carbocycles. The van der Waals surface area contributed by atoms with Gasteiger partial charge in [0.1, 0.15) is 11.4 Å². The second kappa shape index (κ2) is 9.29. The van der Waals surface area contributed by atoms with Crippen molar-refractivity contribution in [2.24, 2.45) is 0 Å². The highest BCUT2D eigenvalue weighted by Gasteiger charge is 2.28. The maximum Gasteiger partial charge on any atom is 0.410 e. The van der Waals surface area contributed by atoms with Crippen LogP contribution in [0.5, 0.6) is 0 Å². The summed E-state index contributed by atoms with van der Waals surface area (Å²) in [7, 11) is 0. The molecule has 1 N–H and O–H groups in total. The van der Waals surface area contributed by atoms with Crippen LogP contribution in [0, 0.1) is 5.82 Å². The van der Waals surface area contributed by atoms with E-state index in [1.165, 1.54) is 24.3 Å². The standard InChI is InChI=1S/C24H27FN2O4/c1-24(2,3)31-23(30)27-14-12-18(13-15-27)26-22(29)20-7-5-4-6-19(20)21(28)16-8-10-17(25)11-9-16/h4-11,18H,12-15H2,1-3H3,(H,26,29). The largest absolute Gasteiger partial charge is 0.444 e. The van der Waals surface area contributed by atoms with Crippen LogP contribution >= 0.6 is 0 Å². The molecule has 0 aliphatic carbocycles. The number of likely N-dealkylation sites (tertiary alicyclic amines) is 1. The molecule has 0 atom stereocenters. The van der Waals surface area contributed by atoms with Crippen molar-refractivity contribution in [1.29, 1.82) is 0 Å². The molecule has 2 amide bonds. The van der Waals surface area contributed by atoms with E-state index in [2.05, 4.69) is 5.32 Å². The van der Waals surface area contributed by atoms with E-state index in [0.717, 1.165) is 0 Å². The van der Waals surface area contributed by atoms with Gasteiger partial charge in [0.25, 0.3) is 5.91 Å². The number of hydrogen-bond donors (Lipinski definition) is 1. The number of halogens is 1. The molecular weight excluding hydrogens is 399 g/mol. The van der Waals surface area contributed by atoms with Crippen molar-refractivity contribution < 1.29 is 23.5 Å². The van der Waals surface area contributed by atoms with Gasteiger partial charge in [-0.1, -0.05) is 18.2 Å². The van der Waals surface area contributed by atoms with E-state index in [1.54, 1.807) is 29.2 Å². The molecule has 0 radical (unpaired) electrons. The minimum absolute atomic E-state index is 0.111. The van der Waals surface area contributed by atoms with Crippen LogP contribution in [0.3, 0.4) is 0 Å². The van der Waals surface area contributed by atoms with Gasteiger partial charge in [-0.2, -0.15) is 0 Å². The van der Waals surface area contributed by atoms with Gasteiger partial charge in [0.15, 0.2) is 5.78 Å². The highest BCUT2D eigenvalue weighted by atomic mass is 19.1. The predicted octanol–water partition coefficient (Wildman–Crippen LogP) is 4.19. The summed E-state index contributed by atoms with van der Waals surface area (Å²) in [6.45, 7) is 6.43. The van der Waals surface area contributed by atoms with Crippen molar-refractivity contribution in [3.05, 3.63) is 71.0 Å².